The minimum Gasteiger partial charge on any atom is -0.469 e. The Kier molecular flexibility index (Phi) is 8.07. The number of methoxy groups -OCH3 is 1. The lowest BCUT2D eigenvalue weighted by Crippen LogP contribution is -2.42. The number of aromatic nitrogens is 1. The predicted octanol–water partition coefficient (Wildman–Crippen LogP) is 4.55. The molecule has 7 nitrogen and oxygen atoms in total. The molecule has 0 bridgehead atoms. The van der Waals surface area contributed by atoms with Crippen molar-refractivity contribution < 1.29 is 14.3 Å². The quantitative estimate of drug-likeness (QED) is 0.236. The topological polar surface area (TPSA) is 118 Å². The van der Waals surface area contributed by atoms with Crippen LogP contribution in [0.15, 0.2) is 47.8 Å². The molecule has 2 atom stereocenters. The van der Waals surface area contributed by atoms with E-state index in [9.17, 15) is 9.59 Å². The SMILES string of the molecule is COC(=O)C(Cc1cccc(C(=N)N)c1)C(C)NC(=O)c1csc(-c2cccc(Cl)c2Cl)n1. The smallest absolute Gasteiger partial charge is 0.311 e. The van der Waals surface area contributed by atoms with E-state index < -0.39 is 23.8 Å². The first-order valence-electron chi connectivity index (χ1n) is 9.93. The Morgan fingerprint density at radius 3 is 2.67 bits per heavy atom. The number of nitrogens with one attached hydrogen (secondary N) is 2. The number of halogens is 2. The van der Waals surface area contributed by atoms with Gasteiger partial charge < -0.3 is 15.8 Å². The van der Waals surface area contributed by atoms with Crippen LogP contribution in [0.25, 0.3) is 10.6 Å². The Bertz CT molecular complexity index is 1200. The fourth-order valence-electron chi connectivity index (χ4n) is 3.29. The van der Waals surface area contributed by atoms with Crippen molar-refractivity contribution in [1.82, 2.24) is 10.3 Å². The van der Waals surface area contributed by atoms with E-state index in [0.29, 0.717) is 32.6 Å². The Hall–Kier alpha value is -2.94. The van der Waals surface area contributed by atoms with E-state index in [0.717, 1.165) is 5.56 Å². The van der Waals surface area contributed by atoms with E-state index in [1.54, 1.807) is 48.7 Å². The molecule has 0 saturated heterocycles. The number of hydrogen-bond donors (Lipinski definition) is 3. The lowest BCUT2D eigenvalue weighted by Gasteiger charge is -2.23. The molecule has 4 N–H and O–H groups in total. The number of hydrogen-bond acceptors (Lipinski definition) is 6. The number of carbonyl (C=O) groups is 2. The summed E-state index contributed by atoms with van der Waals surface area (Å²) in [6, 6.07) is 11.7. The molecule has 0 fully saturated rings. The van der Waals surface area contributed by atoms with Crippen LogP contribution >= 0.6 is 34.5 Å². The fourth-order valence-corrected chi connectivity index (χ4v) is 4.56. The van der Waals surface area contributed by atoms with E-state index >= 15 is 0 Å². The van der Waals surface area contributed by atoms with E-state index in [1.807, 2.05) is 6.07 Å². The maximum Gasteiger partial charge on any atom is 0.311 e. The fraction of sp³-hybridized carbons (Fsp3) is 0.217. The third kappa shape index (κ3) is 5.90. The molecule has 2 unspecified atom stereocenters. The lowest BCUT2D eigenvalue weighted by molar-refractivity contribution is -0.146. The first-order valence-corrected chi connectivity index (χ1v) is 11.6. The minimum atomic E-state index is -0.651. The molecule has 1 heterocycles. The summed E-state index contributed by atoms with van der Waals surface area (Å²) in [5, 5.41) is 13.4. The number of thiazole rings is 1. The Morgan fingerprint density at radius 1 is 1.24 bits per heavy atom. The number of esters is 1. The van der Waals surface area contributed by atoms with E-state index in [4.69, 9.17) is 39.1 Å². The van der Waals surface area contributed by atoms with Crippen LogP contribution in [0.4, 0.5) is 0 Å². The van der Waals surface area contributed by atoms with Gasteiger partial charge in [0.1, 0.15) is 16.5 Å². The maximum atomic E-state index is 12.8. The second kappa shape index (κ2) is 10.8. The molecule has 2 aromatic carbocycles. The van der Waals surface area contributed by atoms with Gasteiger partial charge in [-0.2, -0.15) is 0 Å². The average molecular weight is 505 g/mol. The largest absolute Gasteiger partial charge is 0.469 e. The summed E-state index contributed by atoms with van der Waals surface area (Å²) in [4.78, 5) is 29.7. The van der Waals surface area contributed by atoms with Crippen LogP contribution in [0, 0.1) is 11.3 Å². The first kappa shape index (κ1) is 24.7. The highest BCUT2D eigenvalue weighted by Crippen LogP contribution is 2.35. The number of carbonyl (C=O) groups excluding carboxylic acids is 2. The van der Waals surface area contributed by atoms with Crippen molar-refractivity contribution in [1.29, 1.82) is 5.41 Å². The van der Waals surface area contributed by atoms with Gasteiger partial charge in [0.15, 0.2) is 0 Å². The molecule has 3 rings (SSSR count). The van der Waals surface area contributed by atoms with Crippen molar-refractivity contribution in [2.45, 2.75) is 19.4 Å². The van der Waals surface area contributed by atoms with Crippen LogP contribution in [0.3, 0.4) is 0 Å². The van der Waals surface area contributed by atoms with Crippen LogP contribution in [0.1, 0.15) is 28.5 Å². The monoisotopic (exact) mass is 504 g/mol. The lowest BCUT2D eigenvalue weighted by atomic mass is 9.92. The minimum absolute atomic E-state index is 0.0630. The summed E-state index contributed by atoms with van der Waals surface area (Å²) in [6.07, 6.45) is 0.301. The standard InChI is InChI=1S/C23H22Cl2N4O3S/c1-12(16(23(31)32-2)10-13-5-3-6-14(9-13)20(26)27)28-21(30)18-11-33-22(29-18)15-7-4-8-17(24)19(15)25/h3-9,11-12,16H,10H2,1-2H3,(H3,26,27)(H,28,30). The van der Waals surface area contributed by atoms with Gasteiger partial charge >= 0.3 is 5.97 Å². The summed E-state index contributed by atoms with van der Waals surface area (Å²) in [7, 11) is 1.30. The molecule has 33 heavy (non-hydrogen) atoms. The zero-order chi connectivity index (χ0) is 24.1. The van der Waals surface area contributed by atoms with E-state index in [-0.39, 0.29) is 11.5 Å². The van der Waals surface area contributed by atoms with Crippen LogP contribution < -0.4 is 11.1 Å². The first-order chi connectivity index (χ1) is 15.7. The Morgan fingerprint density at radius 2 is 1.97 bits per heavy atom. The third-order valence-electron chi connectivity index (χ3n) is 5.08. The third-order valence-corrected chi connectivity index (χ3v) is 6.77. The van der Waals surface area contributed by atoms with Gasteiger partial charge in [-0.05, 0) is 31.0 Å². The molecular formula is C23H22Cl2N4O3S. The molecule has 0 radical (unpaired) electrons. The van der Waals surface area contributed by atoms with Crippen LogP contribution in [-0.4, -0.2) is 35.8 Å². The van der Waals surface area contributed by atoms with Gasteiger partial charge in [0.05, 0.1) is 23.1 Å². The normalized spacial score (nSPS) is 12.6. The summed E-state index contributed by atoms with van der Waals surface area (Å²) in [6.45, 7) is 1.73. The van der Waals surface area contributed by atoms with Gasteiger partial charge in [-0.15, -0.1) is 11.3 Å². The number of nitrogens with zero attached hydrogens (tertiary/aromatic N) is 1. The molecule has 0 spiro atoms. The summed E-state index contributed by atoms with van der Waals surface area (Å²) in [5.74, 6) is -1.59. The summed E-state index contributed by atoms with van der Waals surface area (Å²) >= 11 is 13.6. The number of nitrogens with two attached hydrogens (primary N) is 1. The molecule has 0 aliphatic carbocycles. The molecule has 1 amide bonds. The summed E-state index contributed by atoms with van der Waals surface area (Å²) in [5.41, 5.74) is 7.77. The second-order valence-corrected chi connectivity index (χ2v) is 8.99. The van der Waals surface area contributed by atoms with Gasteiger partial charge in [-0.1, -0.05) is 53.5 Å². The zero-order valence-corrected chi connectivity index (χ0v) is 20.2. The zero-order valence-electron chi connectivity index (χ0n) is 17.9. The molecule has 3 aromatic rings. The Balaban J connectivity index is 1.76. The van der Waals surface area contributed by atoms with Gasteiger partial charge in [0.2, 0.25) is 0 Å². The molecule has 0 saturated carbocycles. The van der Waals surface area contributed by atoms with Crippen molar-refractivity contribution in [3.05, 3.63) is 74.7 Å². The molecular weight excluding hydrogens is 483 g/mol. The number of nitrogen functional groups attached to an aromatic ring is 1. The van der Waals surface area contributed by atoms with E-state index in [1.165, 1.54) is 18.4 Å². The highest BCUT2D eigenvalue weighted by atomic mass is 35.5. The van der Waals surface area contributed by atoms with E-state index in [2.05, 4.69) is 10.3 Å². The highest BCUT2D eigenvalue weighted by Gasteiger charge is 2.28. The van der Waals surface area contributed by atoms with Crippen molar-refractivity contribution in [2.24, 2.45) is 11.7 Å². The van der Waals surface area contributed by atoms with Crippen LogP contribution in [-0.2, 0) is 16.0 Å². The molecule has 172 valence electrons. The van der Waals surface area contributed by atoms with Crippen molar-refractivity contribution >= 4 is 52.3 Å². The summed E-state index contributed by atoms with van der Waals surface area (Å²) < 4.78 is 4.96. The molecule has 0 aliphatic heterocycles. The van der Waals surface area contributed by atoms with Gasteiger partial charge in [-0.25, -0.2) is 4.98 Å². The number of rotatable bonds is 8. The number of amidine groups is 1. The molecule has 1 aromatic heterocycles. The molecule has 10 heteroatoms. The van der Waals surface area contributed by atoms with Crippen molar-refractivity contribution in [3.8, 4) is 10.6 Å². The maximum absolute atomic E-state index is 12.8. The van der Waals surface area contributed by atoms with Crippen LogP contribution in [0.5, 0.6) is 0 Å². The predicted molar refractivity (Wildman–Crippen MR) is 131 cm³/mol. The number of amides is 1. The highest BCUT2D eigenvalue weighted by molar-refractivity contribution is 7.13. The number of ether oxygens (including phenoxy) is 1. The number of benzene rings is 2. The van der Waals surface area contributed by atoms with Gasteiger partial charge in [0.25, 0.3) is 5.91 Å². The van der Waals surface area contributed by atoms with Crippen molar-refractivity contribution in [2.75, 3.05) is 7.11 Å². The molecule has 0 aliphatic rings. The van der Waals surface area contributed by atoms with Crippen LogP contribution in [0.2, 0.25) is 10.0 Å². The second-order valence-electron chi connectivity index (χ2n) is 7.35. The Labute approximate surface area is 205 Å². The van der Waals surface area contributed by atoms with Crippen molar-refractivity contribution in [3.63, 3.8) is 0 Å². The van der Waals surface area contributed by atoms with Gasteiger partial charge in [-0.3, -0.25) is 15.0 Å². The van der Waals surface area contributed by atoms with Gasteiger partial charge in [0, 0.05) is 22.5 Å². The average Bonchev–Trinajstić information content (AvgIpc) is 3.29.